The van der Waals surface area contributed by atoms with Crippen LogP contribution >= 0.6 is 11.8 Å². The Hall–Kier alpha value is -2.11. The highest BCUT2D eigenvalue weighted by Gasteiger charge is 2.32. The van der Waals surface area contributed by atoms with Crippen molar-refractivity contribution in [3.63, 3.8) is 0 Å². The highest BCUT2D eigenvalue weighted by Crippen LogP contribution is 2.18. The van der Waals surface area contributed by atoms with Crippen LogP contribution in [0.5, 0.6) is 0 Å². The van der Waals surface area contributed by atoms with Crippen LogP contribution in [0.15, 0.2) is 60.7 Å². The molecule has 3 rings (SSSR count). The number of benzene rings is 2. The van der Waals surface area contributed by atoms with E-state index in [4.69, 9.17) is 0 Å². The Bertz CT molecular complexity index is 691. The number of thioether (sulfide) groups is 1. The lowest BCUT2D eigenvalue weighted by Gasteiger charge is -2.28. The monoisotopic (exact) mass is 340 g/mol. The van der Waals surface area contributed by atoms with Crippen LogP contribution in [0.2, 0.25) is 0 Å². The lowest BCUT2D eigenvalue weighted by molar-refractivity contribution is -0.123. The van der Waals surface area contributed by atoms with E-state index in [0.717, 1.165) is 11.1 Å². The maximum absolute atomic E-state index is 12.4. The Kier molecular flexibility index (Phi) is 5.67. The van der Waals surface area contributed by atoms with E-state index < -0.39 is 0 Å². The van der Waals surface area contributed by atoms with E-state index in [9.17, 15) is 9.59 Å². The standard InChI is InChI=1S/C19H20N2O2S/c22-18(20-12-15-9-5-2-6-10-15)17-13-24-19(23)16(21-17)11-14-7-3-1-4-8-14/h1-10,16-17,21H,11-13H2,(H,20,22)/t16-,17+/m1/s1. The zero-order valence-electron chi connectivity index (χ0n) is 13.3. The van der Waals surface area contributed by atoms with Gasteiger partial charge < -0.3 is 5.32 Å². The predicted octanol–water partition coefficient (Wildman–Crippen LogP) is 2.15. The molecule has 0 saturated carbocycles. The van der Waals surface area contributed by atoms with Crippen LogP contribution in [0.1, 0.15) is 11.1 Å². The third-order valence-electron chi connectivity index (χ3n) is 3.99. The second kappa shape index (κ2) is 8.13. The van der Waals surface area contributed by atoms with Crippen molar-refractivity contribution in [1.82, 2.24) is 10.6 Å². The number of rotatable bonds is 5. The van der Waals surface area contributed by atoms with Crippen molar-refractivity contribution < 1.29 is 9.59 Å². The van der Waals surface area contributed by atoms with E-state index in [2.05, 4.69) is 10.6 Å². The Balaban J connectivity index is 1.56. The van der Waals surface area contributed by atoms with Crippen molar-refractivity contribution in [3.05, 3.63) is 71.8 Å². The molecule has 124 valence electrons. The van der Waals surface area contributed by atoms with Gasteiger partial charge in [-0.2, -0.15) is 0 Å². The fourth-order valence-electron chi connectivity index (χ4n) is 2.68. The Morgan fingerprint density at radius 2 is 1.67 bits per heavy atom. The number of hydrogen-bond donors (Lipinski definition) is 2. The van der Waals surface area contributed by atoms with Gasteiger partial charge in [-0.05, 0) is 17.5 Å². The van der Waals surface area contributed by atoms with E-state index >= 15 is 0 Å². The van der Waals surface area contributed by atoms with Gasteiger partial charge in [0.05, 0.1) is 12.1 Å². The minimum Gasteiger partial charge on any atom is -0.351 e. The van der Waals surface area contributed by atoms with Gasteiger partial charge >= 0.3 is 0 Å². The summed E-state index contributed by atoms with van der Waals surface area (Å²) in [6, 6.07) is 19.0. The molecule has 4 nitrogen and oxygen atoms in total. The van der Waals surface area contributed by atoms with Crippen molar-refractivity contribution in [2.24, 2.45) is 0 Å². The summed E-state index contributed by atoms with van der Waals surface area (Å²) in [6.45, 7) is 0.500. The van der Waals surface area contributed by atoms with Crippen LogP contribution in [-0.2, 0) is 22.6 Å². The van der Waals surface area contributed by atoms with Crippen LogP contribution in [0.25, 0.3) is 0 Å². The molecule has 2 aromatic rings. The average Bonchev–Trinajstić information content (AvgIpc) is 2.63. The molecule has 5 heteroatoms. The molecule has 1 amide bonds. The van der Waals surface area contributed by atoms with Gasteiger partial charge in [0.2, 0.25) is 11.0 Å². The Morgan fingerprint density at radius 3 is 2.33 bits per heavy atom. The van der Waals surface area contributed by atoms with Gasteiger partial charge in [0, 0.05) is 12.3 Å². The lowest BCUT2D eigenvalue weighted by atomic mass is 10.1. The van der Waals surface area contributed by atoms with Crippen LogP contribution in [0, 0.1) is 0 Å². The van der Waals surface area contributed by atoms with E-state index in [1.54, 1.807) is 0 Å². The SMILES string of the molecule is O=C(NCc1ccccc1)[C@@H]1CSC(=O)[C@@H](Cc2ccccc2)N1. The van der Waals surface area contributed by atoms with Gasteiger partial charge in [-0.3, -0.25) is 14.9 Å². The molecule has 1 aliphatic heterocycles. The van der Waals surface area contributed by atoms with Gasteiger partial charge in [-0.25, -0.2) is 0 Å². The number of amides is 1. The molecule has 0 aromatic heterocycles. The highest BCUT2D eigenvalue weighted by molar-refractivity contribution is 8.13. The van der Waals surface area contributed by atoms with E-state index in [1.807, 2.05) is 60.7 Å². The van der Waals surface area contributed by atoms with Crippen molar-refractivity contribution in [2.45, 2.75) is 25.0 Å². The molecule has 1 fully saturated rings. The zero-order chi connectivity index (χ0) is 16.8. The molecular weight excluding hydrogens is 320 g/mol. The summed E-state index contributed by atoms with van der Waals surface area (Å²) in [4.78, 5) is 24.5. The van der Waals surface area contributed by atoms with Gasteiger partial charge in [0.1, 0.15) is 0 Å². The number of carbonyl (C=O) groups excluding carboxylic acids is 2. The topological polar surface area (TPSA) is 58.2 Å². The highest BCUT2D eigenvalue weighted by atomic mass is 32.2. The molecule has 2 atom stereocenters. The molecule has 2 N–H and O–H groups in total. The van der Waals surface area contributed by atoms with Gasteiger partial charge in [0.15, 0.2) is 0 Å². The van der Waals surface area contributed by atoms with Crippen LogP contribution in [0.3, 0.4) is 0 Å². The summed E-state index contributed by atoms with van der Waals surface area (Å²) < 4.78 is 0. The Morgan fingerprint density at radius 1 is 1.04 bits per heavy atom. The molecule has 0 aliphatic carbocycles. The quantitative estimate of drug-likeness (QED) is 0.876. The molecule has 0 spiro atoms. The van der Waals surface area contributed by atoms with Crippen molar-refractivity contribution in [3.8, 4) is 0 Å². The molecule has 0 bridgehead atoms. The smallest absolute Gasteiger partial charge is 0.238 e. The van der Waals surface area contributed by atoms with Gasteiger partial charge in [-0.1, -0.05) is 72.4 Å². The summed E-state index contributed by atoms with van der Waals surface area (Å²) in [5.41, 5.74) is 2.15. The van der Waals surface area contributed by atoms with E-state index in [0.29, 0.717) is 18.7 Å². The van der Waals surface area contributed by atoms with Gasteiger partial charge in [0.25, 0.3) is 0 Å². The minimum absolute atomic E-state index is 0.0584. The summed E-state index contributed by atoms with van der Waals surface area (Å²) in [5.74, 6) is 0.419. The summed E-state index contributed by atoms with van der Waals surface area (Å²) in [5, 5.41) is 6.25. The van der Waals surface area contributed by atoms with Crippen molar-refractivity contribution in [2.75, 3.05) is 5.75 Å². The zero-order valence-corrected chi connectivity index (χ0v) is 14.1. The second-order valence-corrected chi connectivity index (χ2v) is 6.82. The first-order chi connectivity index (χ1) is 11.7. The molecule has 1 aliphatic rings. The van der Waals surface area contributed by atoms with Crippen LogP contribution < -0.4 is 10.6 Å². The summed E-state index contributed by atoms with van der Waals surface area (Å²) in [7, 11) is 0. The fraction of sp³-hybridized carbons (Fsp3) is 0.263. The minimum atomic E-state index is -0.342. The van der Waals surface area contributed by atoms with E-state index in [1.165, 1.54) is 11.8 Å². The molecule has 24 heavy (non-hydrogen) atoms. The maximum Gasteiger partial charge on any atom is 0.238 e. The van der Waals surface area contributed by atoms with Gasteiger partial charge in [-0.15, -0.1) is 0 Å². The first-order valence-electron chi connectivity index (χ1n) is 8.00. The molecule has 0 radical (unpaired) electrons. The maximum atomic E-state index is 12.4. The van der Waals surface area contributed by atoms with Crippen LogP contribution in [0.4, 0.5) is 0 Å². The molecule has 2 aromatic carbocycles. The first-order valence-corrected chi connectivity index (χ1v) is 8.99. The number of hydrogen-bond acceptors (Lipinski definition) is 4. The summed E-state index contributed by atoms with van der Waals surface area (Å²) >= 11 is 1.24. The Labute approximate surface area is 146 Å². The van der Waals surface area contributed by atoms with Crippen molar-refractivity contribution in [1.29, 1.82) is 0 Å². The fourth-order valence-corrected chi connectivity index (χ4v) is 3.61. The lowest BCUT2D eigenvalue weighted by Crippen LogP contribution is -2.55. The molecule has 1 heterocycles. The summed E-state index contributed by atoms with van der Waals surface area (Å²) in [6.07, 6.45) is 0.606. The normalized spacial score (nSPS) is 20.6. The third kappa shape index (κ3) is 4.46. The average molecular weight is 340 g/mol. The number of nitrogens with one attached hydrogen (secondary N) is 2. The predicted molar refractivity (Wildman–Crippen MR) is 96.6 cm³/mol. The van der Waals surface area contributed by atoms with Crippen molar-refractivity contribution >= 4 is 22.8 Å². The number of carbonyl (C=O) groups is 2. The van der Waals surface area contributed by atoms with E-state index in [-0.39, 0.29) is 23.1 Å². The molecular formula is C19H20N2O2S. The molecule has 0 unspecified atom stereocenters. The first kappa shape index (κ1) is 16.7. The third-order valence-corrected chi connectivity index (χ3v) is 5.06. The second-order valence-electron chi connectivity index (χ2n) is 5.80. The largest absolute Gasteiger partial charge is 0.351 e. The molecule has 1 saturated heterocycles. The van der Waals surface area contributed by atoms with Crippen LogP contribution in [-0.4, -0.2) is 28.9 Å².